The van der Waals surface area contributed by atoms with Crippen LogP contribution in [0, 0.1) is 6.92 Å². The van der Waals surface area contributed by atoms with Gasteiger partial charge < -0.3 is 19.3 Å². The van der Waals surface area contributed by atoms with Crippen LogP contribution in [0.25, 0.3) is 10.9 Å². The van der Waals surface area contributed by atoms with Crippen LogP contribution in [-0.2, 0) is 4.74 Å². The maximum atomic E-state index is 15.0. The minimum absolute atomic E-state index is 0.0310. The van der Waals surface area contributed by atoms with E-state index in [2.05, 4.69) is 9.88 Å². The fourth-order valence-electron chi connectivity index (χ4n) is 3.65. The Hall–Kier alpha value is -3.10. The van der Waals surface area contributed by atoms with Gasteiger partial charge in [-0.05, 0) is 43.2 Å². The average Bonchev–Trinajstić information content (AvgIpc) is 2.82. The lowest BCUT2D eigenvalue weighted by Gasteiger charge is -2.26. The van der Waals surface area contributed by atoms with Gasteiger partial charge in [0.15, 0.2) is 17.3 Å². The summed E-state index contributed by atoms with van der Waals surface area (Å²) in [6.45, 7) is 6.70. The van der Waals surface area contributed by atoms with Gasteiger partial charge in [-0.1, -0.05) is 10.5 Å². The highest BCUT2D eigenvalue weighted by atomic mass is 19.2. The molecule has 32 heavy (non-hydrogen) atoms. The molecule has 8 heteroatoms. The van der Waals surface area contributed by atoms with Crippen LogP contribution in [0.4, 0.5) is 16.0 Å². The molecule has 0 bridgehead atoms. The number of anilines is 2. The summed E-state index contributed by atoms with van der Waals surface area (Å²) >= 11 is 0. The molecule has 0 spiro atoms. The second-order valence-electron chi connectivity index (χ2n) is 7.77. The Morgan fingerprint density at radius 2 is 1.94 bits per heavy atom. The fourth-order valence-corrected chi connectivity index (χ4v) is 3.65. The van der Waals surface area contributed by atoms with Crippen molar-refractivity contribution < 1.29 is 23.8 Å². The van der Waals surface area contributed by atoms with Crippen molar-refractivity contribution in [2.24, 2.45) is 0 Å². The minimum Gasteiger partial charge on any atom is -0.508 e. The number of aromatic nitrogens is 1. The fraction of sp³-hybridized carbons (Fsp3) is 0.375. The molecule has 3 aromatic rings. The molecule has 1 aromatic heterocycles. The first-order chi connectivity index (χ1) is 15.5. The van der Waals surface area contributed by atoms with E-state index in [1.807, 2.05) is 6.07 Å². The lowest BCUT2D eigenvalue weighted by molar-refractivity contribution is 0.0357. The highest BCUT2D eigenvalue weighted by molar-refractivity contribution is 5.84. The van der Waals surface area contributed by atoms with Gasteiger partial charge in [-0.3, -0.25) is 4.90 Å². The number of nitrogens with zero attached hydrogens (tertiary/aromatic N) is 3. The highest BCUT2D eigenvalue weighted by Gasteiger charge is 2.15. The van der Waals surface area contributed by atoms with E-state index in [9.17, 15) is 9.59 Å². The van der Waals surface area contributed by atoms with Crippen molar-refractivity contribution >= 4 is 22.4 Å². The Balaban J connectivity index is 1.49. The molecule has 2 heterocycles. The number of morpholine rings is 1. The van der Waals surface area contributed by atoms with Gasteiger partial charge in [0.05, 0.1) is 38.1 Å². The van der Waals surface area contributed by atoms with Crippen LogP contribution in [0.3, 0.4) is 0 Å². The SMILES string of the molecule is COc1cc2ccc(N(F)c3ccc(C)c(O)c3)nc2cc1OCCCN1CCOCC1. The summed E-state index contributed by atoms with van der Waals surface area (Å²) in [5.74, 6) is 1.33. The number of aryl methyl sites for hydroxylation is 1. The predicted molar refractivity (Wildman–Crippen MR) is 122 cm³/mol. The molecule has 0 saturated carbocycles. The normalized spacial score (nSPS) is 14.5. The maximum absolute atomic E-state index is 15.0. The summed E-state index contributed by atoms with van der Waals surface area (Å²) in [7, 11) is 1.59. The van der Waals surface area contributed by atoms with Gasteiger partial charge in [0, 0.05) is 37.2 Å². The van der Waals surface area contributed by atoms with Gasteiger partial charge in [0.2, 0.25) is 0 Å². The molecule has 4 rings (SSSR count). The summed E-state index contributed by atoms with van der Waals surface area (Å²) in [5, 5.41) is 11.2. The summed E-state index contributed by atoms with van der Waals surface area (Å²) in [6.07, 6.45) is 0.879. The number of fused-ring (bicyclic) bond motifs is 1. The Labute approximate surface area is 186 Å². The Bertz CT molecular complexity index is 1070. The molecule has 1 fully saturated rings. The molecule has 0 unspecified atom stereocenters. The van der Waals surface area contributed by atoms with E-state index in [0.717, 1.165) is 44.7 Å². The van der Waals surface area contributed by atoms with Gasteiger partial charge >= 0.3 is 0 Å². The first kappa shape index (κ1) is 22.1. The average molecular weight is 442 g/mol. The van der Waals surface area contributed by atoms with Gasteiger partial charge in [-0.2, -0.15) is 5.12 Å². The number of benzene rings is 2. The zero-order valence-electron chi connectivity index (χ0n) is 18.4. The second-order valence-corrected chi connectivity index (χ2v) is 7.77. The number of hydrogen-bond donors (Lipinski definition) is 1. The number of hydrogen-bond acceptors (Lipinski definition) is 7. The van der Waals surface area contributed by atoms with E-state index in [-0.39, 0.29) is 17.3 Å². The van der Waals surface area contributed by atoms with Crippen molar-refractivity contribution in [3.8, 4) is 17.2 Å². The van der Waals surface area contributed by atoms with Crippen LogP contribution >= 0.6 is 0 Å². The monoisotopic (exact) mass is 441 g/mol. The predicted octanol–water partition coefficient (Wildman–Crippen LogP) is 4.38. The Morgan fingerprint density at radius 1 is 1.12 bits per heavy atom. The molecule has 1 saturated heterocycles. The lowest BCUT2D eigenvalue weighted by atomic mass is 10.2. The molecular weight excluding hydrogens is 413 g/mol. The number of rotatable bonds is 8. The van der Waals surface area contributed by atoms with E-state index in [1.165, 1.54) is 6.07 Å². The topological polar surface area (TPSA) is 67.3 Å². The number of ether oxygens (including phenoxy) is 3. The van der Waals surface area contributed by atoms with E-state index in [4.69, 9.17) is 14.2 Å². The number of phenols is 1. The van der Waals surface area contributed by atoms with E-state index >= 15 is 0 Å². The van der Waals surface area contributed by atoms with Gasteiger partial charge in [-0.15, -0.1) is 0 Å². The molecule has 0 aliphatic carbocycles. The summed E-state index contributed by atoms with van der Waals surface area (Å²) < 4.78 is 31.8. The van der Waals surface area contributed by atoms with Crippen LogP contribution in [0.5, 0.6) is 17.2 Å². The molecule has 0 atom stereocenters. The number of pyridine rings is 1. The molecule has 0 radical (unpaired) electrons. The summed E-state index contributed by atoms with van der Waals surface area (Å²) in [6, 6.07) is 11.6. The zero-order valence-corrected chi connectivity index (χ0v) is 18.4. The molecule has 1 aliphatic heterocycles. The highest BCUT2D eigenvalue weighted by Crippen LogP contribution is 2.34. The Morgan fingerprint density at radius 3 is 2.69 bits per heavy atom. The molecular formula is C24H28FN3O4. The largest absolute Gasteiger partial charge is 0.508 e. The molecule has 1 N–H and O–H groups in total. The third-order valence-electron chi connectivity index (χ3n) is 5.56. The van der Waals surface area contributed by atoms with Crippen molar-refractivity contribution in [3.63, 3.8) is 0 Å². The van der Waals surface area contributed by atoms with Crippen LogP contribution in [0.1, 0.15) is 12.0 Å². The first-order valence-corrected chi connectivity index (χ1v) is 10.7. The third-order valence-corrected chi connectivity index (χ3v) is 5.56. The van der Waals surface area contributed by atoms with Crippen molar-refractivity contribution in [3.05, 3.63) is 48.0 Å². The molecule has 2 aromatic carbocycles. The molecule has 1 aliphatic rings. The second kappa shape index (κ2) is 10.0. The Kier molecular flexibility index (Phi) is 6.92. The van der Waals surface area contributed by atoms with E-state index in [0.29, 0.717) is 34.3 Å². The van der Waals surface area contributed by atoms with Crippen molar-refractivity contribution in [1.29, 1.82) is 0 Å². The summed E-state index contributed by atoms with van der Waals surface area (Å²) in [4.78, 5) is 6.81. The zero-order chi connectivity index (χ0) is 22.5. The number of methoxy groups -OCH3 is 1. The smallest absolute Gasteiger partial charge is 0.163 e. The minimum atomic E-state index is 0.0310. The van der Waals surface area contributed by atoms with Crippen LogP contribution in [0.2, 0.25) is 0 Å². The number of phenolic OH excluding ortho intramolecular Hbond substituents is 1. The molecule has 0 amide bonds. The van der Waals surface area contributed by atoms with Crippen molar-refractivity contribution in [1.82, 2.24) is 9.88 Å². The standard InChI is InChI=1S/C24H28FN3O4/c1-17-4-6-19(15-21(17)29)28(25)24-7-5-18-14-22(30-2)23(16-20(18)26-24)32-11-3-8-27-9-12-31-13-10-27/h4-7,14-16,29H,3,8-13H2,1-2H3. The van der Waals surface area contributed by atoms with Crippen molar-refractivity contribution in [2.45, 2.75) is 13.3 Å². The lowest BCUT2D eigenvalue weighted by Crippen LogP contribution is -2.37. The number of aromatic hydroxyl groups is 1. The summed E-state index contributed by atoms with van der Waals surface area (Å²) in [5.41, 5.74) is 1.47. The van der Waals surface area contributed by atoms with Gasteiger partial charge in [0.25, 0.3) is 0 Å². The van der Waals surface area contributed by atoms with Crippen LogP contribution in [-0.4, -0.2) is 61.6 Å². The van der Waals surface area contributed by atoms with E-state index < -0.39 is 0 Å². The van der Waals surface area contributed by atoms with Gasteiger partial charge in [-0.25, -0.2) is 4.98 Å². The molecule has 170 valence electrons. The van der Waals surface area contributed by atoms with Crippen LogP contribution < -0.4 is 14.6 Å². The van der Waals surface area contributed by atoms with E-state index in [1.54, 1.807) is 44.4 Å². The third kappa shape index (κ3) is 5.03. The van der Waals surface area contributed by atoms with Crippen molar-refractivity contribution in [2.75, 3.05) is 51.7 Å². The van der Waals surface area contributed by atoms with Gasteiger partial charge in [0.1, 0.15) is 5.75 Å². The maximum Gasteiger partial charge on any atom is 0.163 e. The molecule has 7 nitrogen and oxygen atoms in total. The number of halogens is 1. The quantitative estimate of drug-likeness (QED) is 0.411. The van der Waals surface area contributed by atoms with Crippen LogP contribution in [0.15, 0.2) is 42.5 Å². The first-order valence-electron chi connectivity index (χ1n) is 10.7.